The largest absolute Gasteiger partial charge is 0.354 e. The fraction of sp³-hybridized carbons (Fsp3) is 0.556. The highest BCUT2D eigenvalue weighted by molar-refractivity contribution is 9.10. The Morgan fingerprint density at radius 3 is 2.32 bits per heavy atom. The number of likely N-dealkylation sites (tertiary alicyclic amines) is 1. The second-order valence-electron chi connectivity index (χ2n) is 6.82. The van der Waals surface area contributed by atoms with E-state index in [4.69, 9.17) is 5.73 Å². The minimum absolute atomic E-state index is 0. The first-order valence-electron chi connectivity index (χ1n) is 8.62. The number of rotatable bonds is 5. The first-order valence-corrected chi connectivity index (χ1v) is 9.42. The van der Waals surface area contributed by atoms with Crippen LogP contribution in [0.2, 0.25) is 0 Å². The summed E-state index contributed by atoms with van der Waals surface area (Å²) in [6.45, 7) is 1.82. The van der Waals surface area contributed by atoms with Crippen molar-refractivity contribution in [3.05, 3.63) is 34.3 Å². The van der Waals surface area contributed by atoms with Crippen molar-refractivity contribution in [3.63, 3.8) is 0 Å². The summed E-state index contributed by atoms with van der Waals surface area (Å²) in [6.07, 6.45) is 3.81. The van der Waals surface area contributed by atoms with Gasteiger partial charge in [-0.25, -0.2) is 0 Å². The Balaban J connectivity index is 0.00000225. The smallest absolute Gasteiger partial charge is 0.253 e. The second-order valence-corrected chi connectivity index (χ2v) is 7.74. The van der Waals surface area contributed by atoms with Gasteiger partial charge in [0.1, 0.15) is 0 Å². The minimum atomic E-state index is -0.00892. The Hall–Kier alpha value is -1.11. The summed E-state index contributed by atoms with van der Waals surface area (Å²) >= 11 is 3.37. The molecular formula is C18H25BrClN3O2. The summed E-state index contributed by atoms with van der Waals surface area (Å²) in [5.41, 5.74) is 6.71. The first-order chi connectivity index (χ1) is 11.5. The van der Waals surface area contributed by atoms with Crippen molar-refractivity contribution in [2.45, 2.75) is 31.7 Å². The second kappa shape index (κ2) is 9.01. The third-order valence-corrected chi connectivity index (χ3v) is 5.51. The lowest BCUT2D eigenvalue weighted by Crippen LogP contribution is -2.45. The molecule has 1 aromatic carbocycles. The zero-order valence-corrected chi connectivity index (χ0v) is 16.5. The number of piperidine rings is 1. The number of carbonyl (C=O) groups excluding carboxylic acids is 2. The van der Waals surface area contributed by atoms with E-state index in [9.17, 15) is 9.59 Å². The topological polar surface area (TPSA) is 75.4 Å². The first kappa shape index (κ1) is 20.2. The van der Waals surface area contributed by atoms with E-state index in [0.717, 1.165) is 4.47 Å². The summed E-state index contributed by atoms with van der Waals surface area (Å²) < 4.78 is 0.957. The van der Waals surface area contributed by atoms with Gasteiger partial charge in [0.25, 0.3) is 5.91 Å². The Labute approximate surface area is 163 Å². The van der Waals surface area contributed by atoms with Crippen molar-refractivity contribution in [1.82, 2.24) is 10.2 Å². The molecule has 138 valence electrons. The SMILES string of the molecule is Cl.NC(CNC(=O)C1CCN(C(=O)c2ccc(Br)cc2)CC1)C1CC1. The standard InChI is InChI=1S/C18H24BrN3O2.ClH/c19-15-5-3-14(4-6-15)18(24)22-9-7-13(8-10-22)17(23)21-11-16(20)12-1-2-12;/h3-6,12-13,16H,1-2,7-11,20H2,(H,21,23);1H. The van der Waals surface area contributed by atoms with Crippen LogP contribution in [0.1, 0.15) is 36.0 Å². The van der Waals surface area contributed by atoms with E-state index < -0.39 is 0 Å². The number of halogens is 2. The summed E-state index contributed by atoms with van der Waals surface area (Å²) in [5.74, 6) is 0.708. The van der Waals surface area contributed by atoms with Gasteiger partial charge in [-0.1, -0.05) is 15.9 Å². The predicted octanol–water partition coefficient (Wildman–Crippen LogP) is 2.58. The van der Waals surface area contributed by atoms with Gasteiger partial charge in [0.2, 0.25) is 5.91 Å². The quantitative estimate of drug-likeness (QED) is 0.754. The van der Waals surface area contributed by atoms with Gasteiger partial charge in [0, 0.05) is 41.6 Å². The molecular weight excluding hydrogens is 406 g/mol. The highest BCUT2D eigenvalue weighted by atomic mass is 79.9. The van der Waals surface area contributed by atoms with Gasteiger partial charge >= 0.3 is 0 Å². The lowest BCUT2D eigenvalue weighted by atomic mass is 9.95. The molecule has 7 heteroatoms. The van der Waals surface area contributed by atoms with Gasteiger partial charge in [-0.3, -0.25) is 9.59 Å². The number of nitrogens with one attached hydrogen (secondary N) is 1. The van der Waals surface area contributed by atoms with E-state index in [1.165, 1.54) is 12.8 Å². The molecule has 1 heterocycles. The predicted molar refractivity (Wildman–Crippen MR) is 104 cm³/mol. The molecule has 1 aromatic rings. The molecule has 2 fully saturated rings. The van der Waals surface area contributed by atoms with Crippen molar-refractivity contribution in [3.8, 4) is 0 Å². The summed E-state index contributed by atoms with van der Waals surface area (Å²) in [4.78, 5) is 26.6. The van der Waals surface area contributed by atoms with Crippen molar-refractivity contribution >= 4 is 40.2 Å². The van der Waals surface area contributed by atoms with E-state index in [-0.39, 0.29) is 36.2 Å². The fourth-order valence-corrected chi connectivity index (χ4v) is 3.44. The Morgan fingerprint density at radius 1 is 1.16 bits per heavy atom. The molecule has 5 nitrogen and oxygen atoms in total. The molecule has 1 aliphatic heterocycles. The van der Waals surface area contributed by atoms with Gasteiger partial charge < -0.3 is 16.0 Å². The van der Waals surface area contributed by atoms with E-state index in [2.05, 4.69) is 21.2 Å². The van der Waals surface area contributed by atoms with Crippen LogP contribution < -0.4 is 11.1 Å². The number of nitrogens with zero attached hydrogens (tertiary/aromatic N) is 1. The third-order valence-electron chi connectivity index (χ3n) is 4.98. The van der Waals surface area contributed by atoms with Crippen molar-refractivity contribution in [1.29, 1.82) is 0 Å². The molecule has 1 aliphatic carbocycles. The Morgan fingerprint density at radius 2 is 1.76 bits per heavy atom. The van der Waals surface area contributed by atoms with Crippen LogP contribution in [-0.2, 0) is 4.79 Å². The highest BCUT2D eigenvalue weighted by Gasteiger charge is 2.31. The molecule has 1 saturated heterocycles. The van der Waals surface area contributed by atoms with Crippen LogP contribution in [0.15, 0.2) is 28.7 Å². The van der Waals surface area contributed by atoms with Crippen LogP contribution in [0, 0.1) is 11.8 Å². The molecule has 3 rings (SSSR count). The number of hydrogen-bond donors (Lipinski definition) is 2. The zero-order chi connectivity index (χ0) is 17.1. The summed E-state index contributed by atoms with van der Waals surface area (Å²) in [6, 6.07) is 7.48. The van der Waals surface area contributed by atoms with Crippen molar-refractivity contribution in [2.75, 3.05) is 19.6 Å². The van der Waals surface area contributed by atoms with E-state index in [1.54, 1.807) is 0 Å². The molecule has 1 atom stereocenters. The van der Waals surface area contributed by atoms with Gasteiger partial charge in [-0.15, -0.1) is 12.4 Å². The summed E-state index contributed by atoms with van der Waals surface area (Å²) in [5, 5.41) is 2.98. The van der Waals surface area contributed by atoms with E-state index in [1.807, 2.05) is 29.2 Å². The average molecular weight is 431 g/mol. The monoisotopic (exact) mass is 429 g/mol. The fourth-order valence-electron chi connectivity index (χ4n) is 3.17. The third kappa shape index (κ3) is 5.43. The normalized spacial score (nSPS) is 19.0. The average Bonchev–Trinajstić information content (AvgIpc) is 3.45. The maximum Gasteiger partial charge on any atom is 0.253 e. The summed E-state index contributed by atoms with van der Waals surface area (Å²) in [7, 11) is 0. The van der Waals surface area contributed by atoms with Crippen LogP contribution in [0.5, 0.6) is 0 Å². The number of carbonyl (C=O) groups is 2. The molecule has 1 saturated carbocycles. The molecule has 0 spiro atoms. The number of nitrogens with two attached hydrogens (primary N) is 1. The maximum atomic E-state index is 12.5. The lowest BCUT2D eigenvalue weighted by molar-refractivity contribution is -0.126. The van der Waals surface area contributed by atoms with Crippen molar-refractivity contribution < 1.29 is 9.59 Å². The maximum absolute atomic E-state index is 12.5. The van der Waals surface area contributed by atoms with Gasteiger partial charge in [0.05, 0.1) is 0 Å². The van der Waals surface area contributed by atoms with Crippen LogP contribution >= 0.6 is 28.3 Å². The highest BCUT2D eigenvalue weighted by Crippen LogP contribution is 2.31. The van der Waals surface area contributed by atoms with Crippen LogP contribution in [0.25, 0.3) is 0 Å². The van der Waals surface area contributed by atoms with Gasteiger partial charge in [0.15, 0.2) is 0 Å². The van der Waals surface area contributed by atoms with Crippen LogP contribution in [-0.4, -0.2) is 42.4 Å². The molecule has 25 heavy (non-hydrogen) atoms. The Bertz CT molecular complexity index is 599. The zero-order valence-electron chi connectivity index (χ0n) is 14.1. The molecule has 3 N–H and O–H groups in total. The molecule has 0 aromatic heterocycles. The lowest BCUT2D eigenvalue weighted by Gasteiger charge is -2.31. The molecule has 2 amide bonds. The minimum Gasteiger partial charge on any atom is -0.354 e. The van der Waals surface area contributed by atoms with E-state index >= 15 is 0 Å². The molecule has 0 radical (unpaired) electrons. The molecule has 1 unspecified atom stereocenters. The Kier molecular flexibility index (Phi) is 7.28. The van der Waals surface area contributed by atoms with Crippen molar-refractivity contribution in [2.24, 2.45) is 17.6 Å². The number of benzene rings is 1. The van der Waals surface area contributed by atoms with Gasteiger partial charge in [-0.05, 0) is 55.9 Å². The van der Waals surface area contributed by atoms with E-state index in [0.29, 0.717) is 44.0 Å². The van der Waals surface area contributed by atoms with Crippen LogP contribution in [0.3, 0.4) is 0 Å². The number of amides is 2. The molecule has 0 bridgehead atoms. The number of hydrogen-bond acceptors (Lipinski definition) is 3. The van der Waals surface area contributed by atoms with Crippen LogP contribution in [0.4, 0.5) is 0 Å². The molecule has 2 aliphatic rings. The van der Waals surface area contributed by atoms with Gasteiger partial charge in [-0.2, -0.15) is 0 Å².